The van der Waals surface area contributed by atoms with E-state index in [9.17, 15) is 14.4 Å². The Hall–Kier alpha value is -1.43. The summed E-state index contributed by atoms with van der Waals surface area (Å²) in [6.45, 7) is 4.86. The van der Waals surface area contributed by atoms with Crippen LogP contribution in [0.1, 0.15) is 155 Å². The Bertz CT molecular complexity index is 523. The Morgan fingerprint density at radius 3 is 1.49 bits per heavy atom. The number of carbonyl (C=O) groups excluding carboxylic acids is 3. The molecule has 0 aromatic heterocycles. The van der Waals surface area contributed by atoms with Gasteiger partial charge in [0.1, 0.15) is 6.04 Å². The second-order valence-corrected chi connectivity index (χ2v) is 9.92. The van der Waals surface area contributed by atoms with Crippen LogP contribution in [0, 0.1) is 0 Å². The predicted octanol–water partition coefficient (Wildman–Crippen LogP) is 7.55. The van der Waals surface area contributed by atoms with Gasteiger partial charge in [-0.1, -0.05) is 123 Å². The molecule has 0 saturated carbocycles. The second kappa shape index (κ2) is 25.7. The molecule has 0 radical (unpaired) electrons. The molecule has 35 heavy (non-hydrogen) atoms. The van der Waals surface area contributed by atoms with Gasteiger partial charge in [0.25, 0.3) is 0 Å². The highest BCUT2D eigenvalue weighted by Crippen LogP contribution is 2.12. The van der Waals surface area contributed by atoms with Crippen LogP contribution in [-0.4, -0.2) is 30.6 Å². The molecule has 2 N–H and O–H groups in total. The van der Waals surface area contributed by atoms with Crippen LogP contribution in [-0.2, 0) is 23.9 Å². The zero-order chi connectivity index (χ0) is 26.0. The van der Waals surface area contributed by atoms with Crippen molar-refractivity contribution in [2.75, 3.05) is 6.61 Å². The van der Waals surface area contributed by atoms with Gasteiger partial charge in [-0.15, -0.1) is 0 Å². The van der Waals surface area contributed by atoms with Crippen molar-refractivity contribution in [2.24, 2.45) is 5.73 Å². The molecule has 0 amide bonds. The summed E-state index contributed by atoms with van der Waals surface area (Å²) >= 11 is 0. The van der Waals surface area contributed by atoms with Crippen LogP contribution < -0.4 is 5.73 Å². The van der Waals surface area contributed by atoms with Crippen LogP contribution in [0.2, 0.25) is 0 Å². The van der Waals surface area contributed by atoms with Gasteiger partial charge in [0.15, 0.2) is 0 Å². The van der Waals surface area contributed by atoms with Crippen LogP contribution in [0.4, 0.5) is 0 Å². The maximum Gasteiger partial charge on any atom is 0.330 e. The summed E-state index contributed by atoms with van der Waals surface area (Å²) in [5.74, 6) is -1.64. The summed E-state index contributed by atoms with van der Waals surface area (Å²) in [4.78, 5) is 35.7. The minimum atomic E-state index is -0.980. The number of rotatable bonds is 25. The number of esters is 3. The van der Waals surface area contributed by atoms with Crippen LogP contribution in [0.15, 0.2) is 0 Å². The molecule has 0 spiro atoms. The van der Waals surface area contributed by atoms with Crippen molar-refractivity contribution in [3.63, 3.8) is 0 Å². The van der Waals surface area contributed by atoms with Crippen molar-refractivity contribution in [1.29, 1.82) is 0 Å². The van der Waals surface area contributed by atoms with E-state index in [1.54, 1.807) is 0 Å². The lowest BCUT2D eigenvalue weighted by atomic mass is 10.1. The molecule has 1 atom stereocenters. The lowest BCUT2D eigenvalue weighted by molar-refractivity contribution is -0.160. The van der Waals surface area contributed by atoms with E-state index in [4.69, 9.17) is 15.2 Å². The molecular formula is C29H55NO5. The van der Waals surface area contributed by atoms with Gasteiger partial charge >= 0.3 is 17.9 Å². The molecule has 0 rings (SSSR count). The molecule has 0 bridgehead atoms. The van der Waals surface area contributed by atoms with Gasteiger partial charge in [0.2, 0.25) is 0 Å². The average molecular weight is 498 g/mol. The molecule has 0 aromatic rings. The van der Waals surface area contributed by atoms with Crippen LogP contribution >= 0.6 is 0 Å². The van der Waals surface area contributed by atoms with Gasteiger partial charge in [0.05, 0.1) is 6.61 Å². The highest BCUT2D eigenvalue weighted by atomic mass is 16.6. The fourth-order valence-electron chi connectivity index (χ4n) is 4.06. The minimum Gasteiger partial charge on any atom is -0.466 e. The Morgan fingerprint density at radius 2 is 1.00 bits per heavy atom. The number of carbonyl (C=O) groups is 3. The van der Waals surface area contributed by atoms with Crippen molar-refractivity contribution in [3.8, 4) is 0 Å². The Balaban J connectivity index is 3.60. The topological polar surface area (TPSA) is 95.7 Å². The molecule has 0 aliphatic heterocycles. The predicted molar refractivity (Wildman–Crippen MR) is 143 cm³/mol. The maximum atomic E-state index is 12.0. The van der Waals surface area contributed by atoms with E-state index in [2.05, 4.69) is 13.8 Å². The monoisotopic (exact) mass is 497 g/mol. The number of hydrogen-bond acceptors (Lipinski definition) is 6. The van der Waals surface area contributed by atoms with Gasteiger partial charge in [-0.2, -0.15) is 0 Å². The Labute approximate surface area is 215 Å². The average Bonchev–Trinajstić information content (AvgIpc) is 2.84. The molecule has 6 heteroatoms. The third-order valence-electron chi connectivity index (χ3n) is 6.42. The lowest BCUT2D eigenvalue weighted by Gasteiger charge is -2.10. The molecule has 206 valence electrons. The zero-order valence-corrected chi connectivity index (χ0v) is 23.0. The summed E-state index contributed by atoms with van der Waals surface area (Å²) in [6.07, 6.45) is 23.1. The Kier molecular flexibility index (Phi) is 24.6. The SMILES string of the molecule is CCCCCCCCCCCCOC(=O)CCC(N)C(=O)OC(=O)CCCCCCCCCCC. The summed E-state index contributed by atoms with van der Waals surface area (Å²) < 4.78 is 10.1. The highest BCUT2D eigenvalue weighted by Gasteiger charge is 2.20. The molecule has 0 fully saturated rings. The molecule has 0 aliphatic carbocycles. The van der Waals surface area contributed by atoms with Gasteiger partial charge < -0.3 is 15.2 Å². The summed E-state index contributed by atoms with van der Waals surface area (Å²) in [5.41, 5.74) is 5.78. The summed E-state index contributed by atoms with van der Waals surface area (Å²) in [7, 11) is 0. The highest BCUT2D eigenvalue weighted by molar-refractivity contribution is 5.88. The van der Waals surface area contributed by atoms with E-state index in [0.717, 1.165) is 32.1 Å². The van der Waals surface area contributed by atoms with E-state index in [-0.39, 0.29) is 25.2 Å². The quantitative estimate of drug-likeness (QED) is 0.0794. The van der Waals surface area contributed by atoms with Gasteiger partial charge in [-0.3, -0.25) is 9.59 Å². The molecule has 0 heterocycles. The smallest absolute Gasteiger partial charge is 0.330 e. The van der Waals surface area contributed by atoms with Crippen LogP contribution in [0.25, 0.3) is 0 Å². The van der Waals surface area contributed by atoms with E-state index in [0.29, 0.717) is 6.61 Å². The van der Waals surface area contributed by atoms with Crippen molar-refractivity contribution >= 4 is 17.9 Å². The number of nitrogens with two attached hydrogens (primary N) is 1. The second-order valence-electron chi connectivity index (χ2n) is 9.92. The normalized spacial score (nSPS) is 11.9. The summed E-state index contributed by atoms with van der Waals surface area (Å²) in [6, 6.07) is -0.980. The standard InChI is InChI=1S/C29H55NO5/c1-3-5-7-9-11-13-15-17-19-21-25-34-27(31)24-23-26(30)29(33)35-28(32)22-20-18-16-14-12-10-8-6-4-2/h26H,3-25,30H2,1-2H3. The van der Waals surface area contributed by atoms with Gasteiger partial charge in [-0.05, 0) is 19.3 Å². The van der Waals surface area contributed by atoms with E-state index in [1.807, 2.05) is 0 Å². The van der Waals surface area contributed by atoms with E-state index >= 15 is 0 Å². The molecule has 0 aromatic carbocycles. The van der Waals surface area contributed by atoms with Crippen LogP contribution in [0.5, 0.6) is 0 Å². The fraction of sp³-hybridized carbons (Fsp3) is 0.897. The molecular weight excluding hydrogens is 442 g/mol. The number of ether oxygens (including phenoxy) is 2. The third-order valence-corrected chi connectivity index (χ3v) is 6.42. The summed E-state index contributed by atoms with van der Waals surface area (Å²) in [5, 5.41) is 0. The van der Waals surface area contributed by atoms with E-state index < -0.39 is 18.0 Å². The molecule has 0 saturated heterocycles. The third kappa shape index (κ3) is 24.1. The molecule has 6 nitrogen and oxygen atoms in total. The van der Waals surface area contributed by atoms with Gasteiger partial charge in [0, 0.05) is 12.8 Å². The molecule has 0 aliphatic rings. The van der Waals surface area contributed by atoms with Gasteiger partial charge in [-0.25, -0.2) is 4.79 Å². The first-order valence-corrected chi connectivity index (χ1v) is 14.7. The van der Waals surface area contributed by atoms with Crippen molar-refractivity contribution < 1.29 is 23.9 Å². The lowest BCUT2D eigenvalue weighted by Crippen LogP contribution is -2.34. The first kappa shape index (κ1) is 33.6. The number of unbranched alkanes of at least 4 members (excludes halogenated alkanes) is 17. The first-order chi connectivity index (χ1) is 17.0. The number of hydrogen-bond donors (Lipinski definition) is 1. The molecule has 1 unspecified atom stereocenters. The van der Waals surface area contributed by atoms with Crippen molar-refractivity contribution in [2.45, 2.75) is 161 Å². The van der Waals surface area contributed by atoms with E-state index in [1.165, 1.54) is 89.9 Å². The first-order valence-electron chi connectivity index (χ1n) is 14.7. The Morgan fingerprint density at radius 1 is 0.571 bits per heavy atom. The van der Waals surface area contributed by atoms with Crippen LogP contribution in [0.3, 0.4) is 0 Å². The largest absolute Gasteiger partial charge is 0.466 e. The maximum absolute atomic E-state index is 12.0. The van der Waals surface area contributed by atoms with Crippen molar-refractivity contribution in [3.05, 3.63) is 0 Å². The van der Waals surface area contributed by atoms with Crippen molar-refractivity contribution in [1.82, 2.24) is 0 Å². The fourth-order valence-corrected chi connectivity index (χ4v) is 4.06. The zero-order valence-electron chi connectivity index (χ0n) is 23.0. The minimum absolute atomic E-state index is 0.0560.